The van der Waals surface area contributed by atoms with Crippen molar-refractivity contribution >= 4 is 5.69 Å². The summed E-state index contributed by atoms with van der Waals surface area (Å²) in [6.07, 6.45) is 1.14. The van der Waals surface area contributed by atoms with Crippen LogP contribution in [0.5, 0.6) is 0 Å². The summed E-state index contributed by atoms with van der Waals surface area (Å²) in [4.78, 5) is 7.05. The van der Waals surface area contributed by atoms with Gasteiger partial charge in [0, 0.05) is 30.6 Å². The van der Waals surface area contributed by atoms with Crippen molar-refractivity contribution in [1.82, 2.24) is 15.2 Å². The van der Waals surface area contributed by atoms with Crippen LogP contribution in [-0.2, 0) is 0 Å². The summed E-state index contributed by atoms with van der Waals surface area (Å²) >= 11 is 0. The van der Waals surface area contributed by atoms with Gasteiger partial charge >= 0.3 is 0 Å². The fraction of sp³-hybridized carbons (Fsp3) is 0.529. The van der Waals surface area contributed by atoms with Crippen molar-refractivity contribution in [2.45, 2.75) is 46.0 Å². The number of anilines is 1. The summed E-state index contributed by atoms with van der Waals surface area (Å²) < 4.78 is 0. The third-order valence-electron chi connectivity index (χ3n) is 3.73. The molecule has 2 heterocycles. The number of aromatic nitrogens is 3. The van der Waals surface area contributed by atoms with Crippen molar-refractivity contribution in [3.05, 3.63) is 42.0 Å². The zero-order valence-electron chi connectivity index (χ0n) is 13.5. The highest BCUT2D eigenvalue weighted by Crippen LogP contribution is 2.29. The largest absolute Gasteiger partial charge is 0.371 e. The number of aromatic amines is 1. The third kappa shape index (κ3) is 3.63. The fourth-order valence-electron chi connectivity index (χ4n) is 2.59. The van der Waals surface area contributed by atoms with E-state index in [4.69, 9.17) is 0 Å². The monoisotopic (exact) mass is 286 g/mol. The van der Waals surface area contributed by atoms with Crippen LogP contribution in [0.3, 0.4) is 0 Å². The molecule has 1 aromatic heterocycles. The molecular weight excluding hydrogens is 260 g/mol. The van der Waals surface area contributed by atoms with Crippen LogP contribution in [-0.4, -0.2) is 28.3 Å². The van der Waals surface area contributed by atoms with E-state index in [0.717, 1.165) is 31.2 Å². The fourth-order valence-corrected chi connectivity index (χ4v) is 2.59. The molecule has 114 valence electrons. The second-order valence-electron chi connectivity index (χ2n) is 5.50. The molecular formula is C17H26N4. The second-order valence-corrected chi connectivity index (χ2v) is 5.50. The van der Waals surface area contributed by atoms with Gasteiger partial charge in [0.1, 0.15) is 5.82 Å². The number of H-pyrrole nitrogens is 1. The van der Waals surface area contributed by atoms with Gasteiger partial charge in [0.05, 0.1) is 0 Å². The molecule has 0 bridgehead atoms. The van der Waals surface area contributed by atoms with Crippen molar-refractivity contribution in [3.8, 4) is 0 Å². The van der Waals surface area contributed by atoms with E-state index in [2.05, 4.69) is 64.3 Å². The molecule has 2 aromatic rings. The zero-order chi connectivity index (χ0) is 15.2. The Morgan fingerprint density at radius 2 is 1.90 bits per heavy atom. The van der Waals surface area contributed by atoms with E-state index in [0.29, 0.717) is 11.8 Å². The summed E-state index contributed by atoms with van der Waals surface area (Å²) in [5.74, 6) is 2.83. The number of hydrogen-bond donors (Lipinski definition) is 1. The number of rotatable bonds is 3. The van der Waals surface area contributed by atoms with Gasteiger partial charge in [-0.2, -0.15) is 5.10 Å². The molecule has 0 radical (unpaired) electrons. The van der Waals surface area contributed by atoms with Gasteiger partial charge in [-0.05, 0) is 18.6 Å². The molecule has 0 aliphatic carbocycles. The molecule has 1 aromatic carbocycles. The lowest BCUT2D eigenvalue weighted by atomic mass is 10.1. The first-order valence-corrected chi connectivity index (χ1v) is 7.96. The summed E-state index contributed by atoms with van der Waals surface area (Å²) in [6.45, 7) is 10.4. The number of para-hydroxylation sites is 1. The third-order valence-corrected chi connectivity index (χ3v) is 3.73. The average molecular weight is 286 g/mol. The Balaban J connectivity index is 0.000000774. The van der Waals surface area contributed by atoms with Crippen molar-refractivity contribution in [1.29, 1.82) is 0 Å². The van der Waals surface area contributed by atoms with Crippen LogP contribution >= 0.6 is 0 Å². The SMILES string of the molecule is CC.CC(C)c1n[nH]c(C2CCN(c3ccccc3)C2)n1. The maximum Gasteiger partial charge on any atom is 0.153 e. The van der Waals surface area contributed by atoms with Gasteiger partial charge in [-0.25, -0.2) is 4.98 Å². The topological polar surface area (TPSA) is 44.8 Å². The van der Waals surface area contributed by atoms with Crippen molar-refractivity contribution < 1.29 is 0 Å². The molecule has 1 fully saturated rings. The normalized spacial score (nSPS) is 17.8. The predicted molar refractivity (Wildman–Crippen MR) is 87.8 cm³/mol. The van der Waals surface area contributed by atoms with Crippen LogP contribution < -0.4 is 4.90 Å². The van der Waals surface area contributed by atoms with Crippen LogP contribution in [0, 0.1) is 0 Å². The molecule has 1 N–H and O–H groups in total. The number of nitrogens with one attached hydrogen (secondary N) is 1. The van der Waals surface area contributed by atoms with Crippen LogP contribution in [0.1, 0.15) is 57.6 Å². The average Bonchev–Trinajstić information content (AvgIpc) is 3.19. The van der Waals surface area contributed by atoms with Gasteiger partial charge in [-0.3, -0.25) is 5.10 Å². The first-order chi connectivity index (χ1) is 10.2. The van der Waals surface area contributed by atoms with E-state index in [1.54, 1.807) is 0 Å². The van der Waals surface area contributed by atoms with Gasteiger partial charge in [-0.1, -0.05) is 45.9 Å². The van der Waals surface area contributed by atoms with E-state index in [9.17, 15) is 0 Å². The maximum atomic E-state index is 4.63. The molecule has 3 rings (SSSR count). The zero-order valence-corrected chi connectivity index (χ0v) is 13.5. The molecule has 21 heavy (non-hydrogen) atoms. The number of benzene rings is 1. The van der Waals surface area contributed by atoms with Gasteiger partial charge in [-0.15, -0.1) is 0 Å². The van der Waals surface area contributed by atoms with E-state index < -0.39 is 0 Å². The summed E-state index contributed by atoms with van der Waals surface area (Å²) in [7, 11) is 0. The Hall–Kier alpha value is -1.84. The van der Waals surface area contributed by atoms with E-state index >= 15 is 0 Å². The highest BCUT2D eigenvalue weighted by molar-refractivity contribution is 5.47. The minimum absolute atomic E-state index is 0.386. The van der Waals surface area contributed by atoms with Crippen LogP contribution in [0.15, 0.2) is 30.3 Å². The smallest absolute Gasteiger partial charge is 0.153 e. The standard InChI is InChI=1S/C15H20N4.C2H6/c1-11(2)14-16-15(18-17-14)12-8-9-19(10-12)13-6-4-3-5-7-13;1-2/h3-7,11-12H,8-10H2,1-2H3,(H,16,17,18);1-2H3. The van der Waals surface area contributed by atoms with Crippen LogP contribution in [0.2, 0.25) is 0 Å². The Morgan fingerprint density at radius 3 is 2.52 bits per heavy atom. The molecule has 4 heteroatoms. The highest BCUT2D eigenvalue weighted by Gasteiger charge is 2.26. The highest BCUT2D eigenvalue weighted by atomic mass is 15.2. The molecule has 1 saturated heterocycles. The van der Waals surface area contributed by atoms with Crippen LogP contribution in [0.4, 0.5) is 5.69 Å². The van der Waals surface area contributed by atoms with E-state index in [1.807, 2.05) is 13.8 Å². The Kier molecular flexibility index (Phi) is 5.37. The van der Waals surface area contributed by atoms with Crippen molar-refractivity contribution in [2.24, 2.45) is 0 Å². The lowest BCUT2D eigenvalue weighted by Crippen LogP contribution is -2.19. The van der Waals surface area contributed by atoms with Crippen molar-refractivity contribution in [3.63, 3.8) is 0 Å². The lowest BCUT2D eigenvalue weighted by molar-refractivity contribution is 0.712. The first-order valence-electron chi connectivity index (χ1n) is 7.96. The van der Waals surface area contributed by atoms with E-state index in [1.165, 1.54) is 5.69 Å². The Bertz CT molecular complexity index is 533. The molecule has 1 aliphatic heterocycles. The summed E-state index contributed by atoms with van der Waals surface area (Å²) in [6, 6.07) is 10.6. The Morgan fingerprint density at radius 1 is 1.19 bits per heavy atom. The summed E-state index contributed by atoms with van der Waals surface area (Å²) in [5, 5.41) is 7.42. The quantitative estimate of drug-likeness (QED) is 0.929. The summed E-state index contributed by atoms with van der Waals surface area (Å²) in [5.41, 5.74) is 1.30. The van der Waals surface area contributed by atoms with Crippen molar-refractivity contribution in [2.75, 3.05) is 18.0 Å². The first kappa shape index (κ1) is 15.5. The minimum Gasteiger partial charge on any atom is -0.371 e. The molecule has 4 nitrogen and oxygen atoms in total. The number of hydrogen-bond acceptors (Lipinski definition) is 3. The molecule has 0 spiro atoms. The maximum absolute atomic E-state index is 4.63. The number of nitrogens with zero attached hydrogens (tertiary/aromatic N) is 3. The van der Waals surface area contributed by atoms with Crippen LogP contribution in [0.25, 0.3) is 0 Å². The Labute approximate surface area is 127 Å². The van der Waals surface area contributed by atoms with Gasteiger partial charge < -0.3 is 4.90 Å². The molecule has 0 amide bonds. The predicted octanol–water partition coefficient (Wildman–Crippen LogP) is 3.95. The van der Waals surface area contributed by atoms with Gasteiger partial charge in [0.25, 0.3) is 0 Å². The van der Waals surface area contributed by atoms with Gasteiger partial charge in [0.2, 0.25) is 0 Å². The molecule has 1 unspecified atom stereocenters. The second kappa shape index (κ2) is 7.25. The molecule has 1 aliphatic rings. The minimum atomic E-state index is 0.386. The lowest BCUT2D eigenvalue weighted by Gasteiger charge is -2.17. The van der Waals surface area contributed by atoms with E-state index in [-0.39, 0.29) is 0 Å². The molecule has 0 saturated carbocycles. The van der Waals surface area contributed by atoms with Gasteiger partial charge in [0.15, 0.2) is 5.82 Å². The molecule has 1 atom stereocenters.